The molecule has 0 bridgehead atoms. The highest BCUT2D eigenvalue weighted by atomic mass is 16.2. The van der Waals surface area contributed by atoms with Gasteiger partial charge in [-0.05, 0) is 19.4 Å². The van der Waals surface area contributed by atoms with Crippen molar-refractivity contribution in [2.75, 3.05) is 27.2 Å². The Balaban J connectivity index is 3.12. The van der Waals surface area contributed by atoms with Gasteiger partial charge in [-0.25, -0.2) is 4.79 Å². The third kappa shape index (κ3) is 7.59. The summed E-state index contributed by atoms with van der Waals surface area (Å²) in [5.41, 5.74) is 5.35. The summed E-state index contributed by atoms with van der Waals surface area (Å²) in [4.78, 5) is 12.6. The Hall–Kier alpha value is -0.770. The molecule has 0 fully saturated rings. The van der Waals surface area contributed by atoms with Crippen molar-refractivity contribution < 1.29 is 4.79 Å². The molecule has 13 heavy (non-hydrogen) atoms. The van der Waals surface area contributed by atoms with E-state index >= 15 is 0 Å². The monoisotopic (exact) mass is 187 g/mol. The number of hydrogen-bond donors (Lipinski definition) is 2. The number of nitrogens with two attached hydrogens (primary N) is 1. The molecule has 0 atom stereocenters. The Morgan fingerprint density at radius 1 is 1.23 bits per heavy atom. The molecule has 0 aliphatic heterocycles. The first kappa shape index (κ1) is 12.2. The lowest BCUT2D eigenvalue weighted by Gasteiger charge is -2.11. The second-order valence-electron chi connectivity index (χ2n) is 3.33. The van der Waals surface area contributed by atoms with Crippen LogP contribution >= 0.6 is 0 Å². The standard InChI is InChI=1S/C9H21N3O/c1-12(2)9(13)11-8-6-4-3-5-7-10/h3-8,10H2,1-2H3,(H,11,13). The maximum absolute atomic E-state index is 11.0. The SMILES string of the molecule is CN(C)C(=O)NCCCCCCN. The van der Waals surface area contributed by atoms with E-state index in [2.05, 4.69) is 5.32 Å². The molecule has 4 heteroatoms. The number of amides is 2. The molecule has 0 heterocycles. The molecule has 0 aromatic heterocycles. The molecule has 0 saturated heterocycles. The van der Waals surface area contributed by atoms with Crippen LogP contribution in [0.4, 0.5) is 4.79 Å². The predicted octanol–water partition coefficient (Wildman–Crippen LogP) is 0.777. The van der Waals surface area contributed by atoms with E-state index in [1.54, 1.807) is 19.0 Å². The fraction of sp³-hybridized carbons (Fsp3) is 0.889. The second-order valence-corrected chi connectivity index (χ2v) is 3.33. The number of carbonyl (C=O) groups is 1. The molecule has 78 valence electrons. The Morgan fingerprint density at radius 3 is 2.38 bits per heavy atom. The van der Waals surface area contributed by atoms with Gasteiger partial charge in [-0.3, -0.25) is 0 Å². The van der Waals surface area contributed by atoms with E-state index in [1.165, 1.54) is 0 Å². The highest BCUT2D eigenvalue weighted by Gasteiger charge is 1.99. The lowest BCUT2D eigenvalue weighted by atomic mass is 10.2. The summed E-state index contributed by atoms with van der Waals surface area (Å²) < 4.78 is 0. The minimum atomic E-state index is -0.0150. The van der Waals surface area contributed by atoms with Crippen molar-refractivity contribution in [3.05, 3.63) is 0 Å². The average molecular weight is 187 g/mol. The van der Waals surface area contributed by atoms with Crippen LogP contribution in [0, 0.1) is 0 Å². The number of unbranched alkanes of at least 4 members (excludes halogenated alkanes) is 3. The van der Waals surface area contributed by atoms with Crippen molar-refractivity contribution in [2.45, 2.75) is 25.7 Å². The van der Waals surface area contributed by atoms with E-state index < -0.39 is 0 Å². The molecule has 0 aliphatic rings. The lowest BCUT2D eigenvalue weighted by Crippen LogP contribution is -2.34. The van der Waals surface area contributed by atoms with Gasteiger partial charge in [0, 0.05) is 20.6 Å². The number of urea groups is 1. The summed E-state index contributed by atoms with van der Waals surface area (Å²) in [5.74, 6) is 0. The zero-order valence-corrected chi connectivity index (χ0v) is 8.68. The first-order valence-electron chi connectivity index (χ1n) is 4.83. The Kier molecular flexibility index (Phi) is 7.39. The third-order valence-corrected chi connectivity index (χ3v) is 1.81. The largest absolute Gasteiger partial charge is 0.338 e. The van der Waals surface area contributed by atoms with Crippen LogP contribution in [0.5, 0.6) is 0 Å². The van der Waals surface area contributed by atoms with Gasteiger partial charge in [0.2, 0.25) is 0 Å². The van der Waals surface area contributed by atoms with Crippen LogP contribution in [0.2, 0.25) is 0 Å². The number of nitrogens with zero attached hydrogens (tertiary/aromatic N) is 1. The fourth-order valence-electron chi connectivity index (χ4n) is 0.976. The Morgan fingerprint density at radius 2 is 1.85 bits per heavy atom. The van der Waals surface area contributed by atoms with Gasteiger partial charge in [0.25, 0.3) is 0 Å². The molecule has 0 rings (SSSR count). The Bertz CT molecular complexity index is 137. The van der Waals surface area contributed by atoms with Crippen molar-refractivity contribution in [3.8, 4) is 0 Å². The third-order valence-electron chi connectivity index (χ3n) is 1.81. The minimum absolute atomic E-state index is 0.0150. The molecule has 0 radical (unpaired) electrons. The van der Waals surface area contributed by atoms with Crippen molar-refractivity contribution in [1.82, 2.24) is 10.2 Å². The number of hydrogen-bond acceptors (Lipinski definition) is 2. The molecule has 4 nitrogen and oxygen atoms in total. The summed E-state index contributed by atoms with van der Waals surface area (Å²) in [5, 5.41) is 2.81. The highest BCUT2D eigenvalue weighted by Crippen LogP contribution is 1.96. The summed E-state index contributed by atoms with van der Waals surface area (Å²) in [6, 6.07) is -0.0150. The zero-order chi connectivity index (χ0) is 10.1. The smallest absolute Gasteiger partial charge is 0.316 e. The first-order chi connectivity index (χ1) is 6.18. The number of nitrogens with one attached hydrogen (secondary N) is 1. The minimum Gasteiger partial charge on any atom is -0.338 e. The first-order valence-corrected chi connectivity index (χ1v) is 4.83. The highest BCUT2D eigenvalue weighted by molar-refractivity contribution is 5.73. The summed E-state index contributed by atoms with van der Waals surface area (Å²) in [6.07, 6.45) is 4.43. The van der Waals surface area contributed by atoms with Crippen molar-refractivity contribution >= 4 is 6.03 Å². The van der Waals surface area contributed by atoms with Gasteiger partial charge >= 0.3 is 6.03 Å². The summed E-state index contributed by atoms with van der Waals surface area (Å²) in [6.45, 7) is 1.53. The molecule has 0 unspecified atom stereocenters. The molecule has 3 N–H and O–H groups in total. The molecule has 0 saturated carbocycles. The quantitative estimate of drug-likeness (QED) is 0.604. The van der Waals surface area contributed by atoms with Gasteiger partial charge in [-0.2, -0.15) is 0 Å². The van der Waals surface area contributed by atoms with Gasteiger partial charge in [-0.1, -0.05) is 12.8 Å². The van der Waals surface area contributed by atoms with Crippen LogP contribution in [0.3, 0.4) is 0 Å². The molecule has 0 spiro atoms. The number of carbonyl (C=O) groups excluding carboxylic acids is 1. The van der Waals surface area contributed by atoms with Crippen molar-refractivity contribution in [3.63, 3.8) is 0 Å². The summed E-state index contributed by atoms with van der Waals surface area (Å²) >= 11 is 0. The van der Waals surface area contributed by atoms with Gasteiger partial charge in [0.1, 0.15) is 0 Å². The van der Waals surface area contributed by atoms with E-state index in [9.17, 15) is 4.79 Å². The molecule has 0 aromatic rings. The zero-order valence-electron chi connectivity index (χ0n) is 8.68. The Labute approximate surface area is 80.5 Å². The van der Waals surface area contributed by atoms with Crippen molar-refractivity contribution in [2.24, 2.45) is 5.73 Å². The molecular weight excluding hydrogens is 166 g/mol. The molecule has 0 aliphatic carbocycles. The number of rotatable bonds is 6. The van der Waals surface area contributed by atoms with E-state index in [0.717, 1.165) is 38.8 Å². The maximum atomic E-state index is 11.0. The van der Waals surface area contributed by atoms with E-state index in [4.69, 9.17) is 5.73 Å². The fourth-order valence-corrected chi connectivity index (χ4v) is 0.976. The van der Waals surface area contributed by atoms with Gasteiger partial charge in [0.05, 0.1) is 0 Å². The van der Waals surface area contributed by atoms with Crippen LogP contribution in [0.1, 0.15) is 25.7 Å². The van der Waals surface area contributed by atoms with E-state index in [1.807, 2.05) is 0 Å². The normalized spacial score (nSPS) is 9.77. The van der Waals surface area contributed by atoms with Gasteiger partial charge < -0.3 is 16.0 Å². The molecular formula is C9H21N3O. The van der Waals surface area contributed by atoms with Gasteiger partial charge in [-0.15, -0.1) is 0 Å². The van der Waals surface area contributed by atoms with Crippen LogP contribution in [0.25, 0.3) is 0 Å². The maximum Gasteiger partial charge on any atom is 0.316 e. The topological polar surface area (TPSA) is 58.4 Å². The van der Waals surface area contributed by atoms with Crippen LogP contribution in [-0.4, -0.2) is 38.1 Å². The van der Waals surface area contributed by atoms with E-state index in [-0.39, 0.29) is 6.03 Å². The van der Waals surface area contributed by atoms with E-state index in [0.29, 0.717) is 0 Å². The predicted molar refractivity (Wildman–Crippen MR) is 54.6 cm³/mol. The lowest BCUT2D eigenvalue weighted by molar-refractivity contribution is 0.217. The second kappa shape index (κ2) is 7.86. The van der Waals surface area contributed by atoms with Crippen LogP contribution in [-0.2, 0) is 0 Å². The molecule has 0 aromatic carbocycles. The van der Waals surface area contributed by atoms with Crippen LogP contribution in [0.15, 0.2) is 0 Å². The van der Waals surface area contributed by atoms with Gasteiger partial charge in [0.15, 0.2) is 0 Å². The van der Waals surface area contributed by atoms with Crippen LogP contribution < -0.4 is 11.1 Å². The average Bonchev–Trinajstić information content (AvgIpc) is 2.10. The summed E-state index contributed by atoms with van der Waals surface area (Å²) in [7, 11) is 3.48. The van der Waals surface area contributed by atoms with Crippen molar-refractivity contribution in [1.29, 1.82) is 0 Å². The molecule has 2 amide bonds.